The summed E-state index contributed by atoms with van der Waals surface area (Å²) in [6, 6.07) is 3.50. The molecule has 0 spiro atoms. The molecule has 6 heteroatoms. The van der Waals surface area contributed by atoms with Crippen LogP contribution in [0.1, 0.15) is 28.8 Å². The first-order chi connectivity index (χ1) is 10.3. The molecule has 2 rings (SSSR count). The molecule has 0 saturated carbocycles. The highest BCUT2D eigenvalue weighted by Crippen LogP contribution is 2.23. The summed E-state index contributed by atoms with van der Waals surface area (Å²) >= 11 is 0. The molecule has 1 aliphatic rings. The molecule has 1 aliphatic heterocycles. The van der Waals surface area contributed by atoms with Crippen LogP contribution in [0.15, 0.2) is 18.2 Å². The van der Waals surface area contributed by atoms with E-state index in [9.17, 15) is 19.1 Å². The maximum atomic E-state index is 13.6. The van der Waals surface area contributed by atoms with Gasteiger partial charge in [-0.05, 0) is 51.6 Å². The summed E-state index contributed by atoms with van der Waals surface area (Å²) in [5, 5.41) is 9.42. The standard InChI is InChI=1S/C16H21FN2O3/c1-10-4-5-11(8-13(10)17)15(20)19-7-6-12(18(2)3)9-14(19)16(21)22/h4-5,8,12,14H,6-7,9H2,1-3H3,(H,21,22)/t12-,14+/m1/s1. The topological polar surface area (TPSA) is 60.9 Å². The van der Waals surface area contributed by atoms with E-state index in [0.29, 0.717) is 24.9 Å². The number of hydrogen-bond donors (Lipinski definition) is 1. The number of carbonyl (C=O) groups is 2. The van der Waals surface area contributed by atoms with Gasteiger partial charge in [0.2, 0.25) is 0 Å². The number of carboxylic acids is 1. The van der Waals surface area contributed by atoms with E-state index >= 15 is 0 Å². The molecule has 22 heavy (non-hydrogen) atoms. The van der Waals surface area contributed by atoms with Gasteiger partial charge in [0.25, 0.3) is 5.91 Å². The number of carbonyl (C=O) groups excluding carboxylic acids is 1. The summed E-state index contributed by atoms with van der Waals surface area (Å²) < 4.78 is 13.6. The van der Waals surface area contributed by atoms with Gasteiger partial charge in [-0.2, -0.15) is 0 Å². The fraction of sp³-hybridized carbons (Fsp3) is 0.500. The van der Waals surface area contributed by atoms with Gasteiger partial charge in [0.05, 0.1) is 0 Å². The molecule has 0 aromatic heterocycles. The van der Waals surface area contributed by atoms with Crippen LogP contribution in [0.5, 0.6) is 0 Å². The Bertz CT molecular complexity index is 589. The van der Waals surface area contributed by atoms with Crippen LogP contribution in [0.25, 0.3) is 0 Å². The molecular weight excluding hydrogens is 287 g/mol. The van der Waals surface area contributed by atoms with E-state index in [-0.39, 0.29) is 11.6 Å². The smallest absolute Gasteiger partial charge is 0.326 e. The second-order valence-electron chi connectivity index (χ2n) is 5.96. The Morgan fingerprint density at radius 2 is 2.05 bits per heavy atom. The fourth-order valence-corrected chi connectivity index (χ4v) is 2.78. The molecule has 1 N–H and O–H groups in total. The Morgan fingerprint density at radius 3 is 2.59 bits per heavy atom. The number of aryl methyl sites for hydroxylation is 1. The van der Waals surface area contributed by atoms with Crippen molar-refractivity contribution < 1.29 is 19.1 Å². The van der Waals surface area contributed by atoms with Crippen molar-refractivity contribution in [3.63, 3.8) is 0 Å². The fourth-order valence-electron chi connectivity index (χ4n) is 2.78. The molecule has 0 radical (unpaired) electrons. The number of likely N-dealkylation sites (tertiary alicyclic amines) is 1. The summed E-state index contributed by atoms with van der Waals surface area (Å²) in [5.74, 6) is -1.91. The molecule has 0 bridgehead atoms. The number of benzene rings is 1. The van der Waals surface area contributed by atoms with Gasteiger partial charge in [-0.25, -0.2) is 9.18 Å². The number of hydrogen-bond acceptors (Lipinski definition) is 3. The highest BCUT2D eigenvalue weighted by molar-refractivity contribution is 5.96. The molecule has 1 fully saturated rings. The highest BCUT2D eigenvalue weighted by Gasteiger charge is 2.37. The van der Waals surface area contributed by atoms with Gasteiger partial charge >= 0.3 is 5.97 Å². The number of amides is 1. The largest absolute Gasteiger partial charge is 0.480 e. The minimum atomic E-state index is -1.02. The van der Waals surface area contributed by atoms with Gasteiger partial charge in [0.15, 0.2) is 0 Å². The van der Waals surface area contributed by atoms with Crippen LogP contribution in [0.2, 0.25) is 0 Å². The second-order valence-corrected chi connectivity index (χ2v) is 5.96. The predicted molar refractivity (Wildman–Crippen MR) is 80.3 cm³/mol. The van der Waals surface area contributed by atoms with E-state index in [2.05, 4.69) is 0 Å². The quantitative estimate of drug-likeness (QED) is 0.924. The maximum absolute atomic E-state index is 13.6. The van der Waals surface area contributed by atoms with Crippen molar-refractivity contribution in [2.75, 3.05) is 20.6 Å². The van der Waals surface area contributed by atoms with Crippen LogP contribution in [-0.4, -0.2) is 59.5 Å². The van der Waals surface area contributed by atoms with E-state index in [1.165, 1.54) is 23.1 Å². The van der Waals surface area contributed by atoms with Gasteiger partial charge in [-0.1, -0.05) is 6.07 Å². The molecule has 1 aromatic rings. The van der Waals surface area contributed by atoms with Gasteiger partial charge in [-0.15, -0.1) is 0 Å². The normalized spacial score (nSPS) is 22.0. The van der Waals surface area contributed by atoms with Gasteiger partial charge < -0.3 is 14.9 Å². The zero-order valence-electron chi connectivity index (χ0n) is 13.0. The van der Waals surface area contributed by atoms with Crippen LogP contribution in [0, 0.1) is 12.7 Å². The van der Waals surface area contributed by atoms with E-state index in [0.717, 1.165) is 0 Å². The average molecular weight is 308 g/mol. The predicted octanol–water partition coefficient (Wildman–Crippen LogP) is 1.75. The molecule has 5 nitrogen and oxygen atoms in total. The molecule has 1 heterocycles. The zero-order chi connectivity index (χ0) is 16.4. The van der Waals surface area contributed by atoms with Crippen molar-refractivity contribution in [3.05, 3.63) is 35.1 Å². The summed E-state index contributed by atoms with van der Waals surface area (Å²) in [5.41, 5.74) is 0.648. The molecule has 1 saturated heterocycles. The SMILES string of the molecule is Cc1ccc(C(=O)N2CC[C@@H](N(C)C)C[C@H]2C(=O)O)cc1F. The van der Waals surface area contributed by atoms with E-state index in [1.807, 2.05) is 19.0 Å². The summed E-state index contributed by atoms with van der Waals surface area (Å²) in [7, 11) is 3.80. The Labute approximate surface area is 129 Å². The Kier molecular flexibility index (Phi) is 4.81. The molecule has 1 amide bonds. The first-order valence-corrected chi connectivity index (χ1v) is 7.27. The average Bonchev–Trinajstić information content (AvgIpc) is 2.48. The number of rotatable bonds is 3. The summed E-state index contributed by atoms with van der Waals surface area (Å²) in [4.78, 5) is 27.4. The molecule has 1 aromatic carbocycles. The van der Waals surface area contributed by atoms with E-state index in [4.69, 9.17) is 0 Å². The number of piperidine rings is 1. The third-order valence-corrected chi connectivity index (χ3v) is 4.27. The van der Waals surface area contributed by atoms with Crippen LogP contribution < -0.4 is 0 Å². The van der Waals surface area contributed by atoms with Crippen molar-refractivity contribution in [2.24, 2.45) is 0 Å². The third kappa shape index (κ3) is 3.27. The summed E-state index contributed by atoms with van der Waals surface area (Å²) in [6.07, 6.45) is 1.08. The Hall–Kier alpha value is -1.95. The number of aliphatic carboxylic acids is 1. The first kappa shape index (κ1) is 16.4. The van der Waals surface area contributed by atoms with Crippen molar-refractivity contribution in [3.8, 4) is 0 Å². The van der Waals surface area contributed by atoms with Gasteiger partial charge in [-0.3, -0.25) is 4.79 Å². The second kappa shape index (κ2) is 6.44. The van der Waals surface area contributed by atoms with Crippen LogP contribution in [0.4, 0.5) is 4.39 Å². The van der Waals surface area contributed by atoms with Gasteiger partial charge in [0, 0.05) is 18.2 Å². The number of carboxylic acid groups (broad SMARTS) is 1. The van der Waals surface area contributed by atoms with E-state index in [1.54, 1.807) is 6.92 Å². The molecule has 0 aliphatic carbocycles. The van der Waals surface area contributed by atoms with Crippen molar-refractivity contribution >= 4 is 11.9 Å². The minimum Gasteiger partial charge on any atom is -0.480 e. The number of nitrogens with zero attached hydrogens (tertiary/aromatic N) is 2. The lowest BCUT2D eigenvalue weighted by Crippen LogP contribution is -2.53. The highest BCUT2D eigenvalue weighted by atomic mass is 19.1. The number of halogens is 1. The molecule has 2 atom stereocenters. The van der Waals surface area contributed by atoms with Crippen LogP contribution in [0.3, 0.4) is 0 Å². The van der Waals surface area contributed by atoms with Crippen molar-refractivity contribution in [2.45, 2.75) is 31.8 Å². The minimum absolute atomic E-state index is 0.125. The molecular formula is C16H21FN2O3. The van der Waals surface area contributed by atoms with Crippen LogP contribution >= 0.6 is 0 Å². The van der Waals surface area contributed by atoms with Gasteiger partial charge in [0.1, 0.15) is 11.9 Å². The summed E-state index contributed by atoms with van der Waals surface area (Å²) in [6.45, 7) is 1.97. The lowest BCUT2D eigenvalue weighted by Gasteiger charge is -2.39. The lowest BCUT2D eigenvalue weighted by atomic mass is 9.95. The van der Waals surface area contributed by atoms with E-state index < -0.39 is 23.7 Å². The Balaban J connectivity index is 2.23. The zero-order valence-corrected chi connectivity index (χ0v) is 13.0. The van der Waals surface area contributed by atoms with Crippen molar-refractivity contribution in [1.82, 2.24) is 9.80 Å². The van der Waals surface area contributed by atoms with Crippen LogP contribution in [-0.2, 0) is 4.79 Å². The third-order valence-electron chi connectivity index (χ3n) is 4.27. The first-order valence-electron chi connectivity index (χ1n) is 7.27. The maximum Gasteiger partial charge on any atom is 0.326 e. The monoisotopic (exact) mass is 308 g/mol. The lowest BCUT2D eigenvalue weighted by molar-refractivity contribution is -0.144. The molecule has 0 unspecified atom stereocenters. The molecule has 120 valence electrons. The van der Waals surface area contributed by atoms with Crippen molar-refractivity contribution in [1.29, 1.82) is 0 Å². The Morgan fingerprint density at radius 1 is 1.36 bits per heavy atom.